The van der Waals surface area contributed by atoms with E-state index in [0.29, 0.717) is 17.9 Å². The maximum atomic E-state index is 12.0. The molecule has 8 nitrogen and oxygen atoms in total. The monoisotopic (exact) mass is 414 g/mol. The summed E-state index contributed by atoms with van der Waals surface area (Å²) in [5.41, 5.74) is 1.76. The average molecular weight is 414 g/mol. The van der Waals surface area contributed by atoms with Crippen LogP contribution in [-0.4, -0.2) is 38.2 Å². The molecule has 2 N–H and O–H groups in total. The Kier molecular flexibility index (Phi) is 8.68. The molecule has 0 aliphatic rings. The largest absolute Gasteiger partial charge is 0.493 e. The Morgan fingerprint density at radius 3 is 2.30 bits per heavy atom. The van der Waals surface area contributed by atoms with Crippen LogP contribution in [0.25, 0.3) is 0 Å². The molecule has 3 amide bonds. The molecule has 2 aromatic carbocycles. The summed E-state index contributed by atoms with van der Waals surface area (Å²) in [6.07, 6.45) is -0.608. The molecule has 0 aliphatic heterocycles. The molecule has 0 unspecified atom stereocenters. The van der Waals surface area contributed by atoms with E-state index >= 15 is 0 Å². The number of benzene rings is 2. The van der Waals surface area contributed by atoms with Crippen LogP contribution in [0.2, 0.25) is 0 Å². The van der Waals surface area contributed by atoms with Crippen molar-refractivity contribution < 1.29 is 28.6 Å². The first kappa shape index (κ1) is 22.7. The van der Waals surface area contributed by atoms with E-state index in [-0.39, 0.29) is 13.0 Å². The minimum absolute atomic E-state index is 0.0767. The fraction of sp³-hybridized carbons (Fsp3) is 0.318. The summed E-state index contributed by atoms with van der Waals surface area (Å²) in [5.74, 6) is -0.0746. The van der Waals surface area contributed by atoms with Gasteiger partial charge in [-0.05, 0) is 36.6 Å². The number of amides is 3. The van der Waals surface area contributed by atoms with Gasteiger partial charge in [-0.15, -0.1) is 0 Å². The SMILES string of the molecule is COc1ccc(CCC(=O)O[C@@H](C)C(=O)NC(=O)NCc2ccccc2)cc1OC. The molecule has 8 heteroatoms. The van der Waals surface area contributed by atoms with Gasteiger partial charge < -0.3 is 19.5 Å². The molecule has 0 bridgehead atoms. The van der Waals surface area contributed by atoms with E-state index in [1.807, 2.05) is 36.4 Å². The van der Waals surface area contributed by atoms with Crippen LogP contribution in [0.5, 0.6) is 11.5 Å². The maximum absolute atomic E-state index is 12.0. The minimum Gasteiger partial charge on any atom is -0.493 e. The number of ether oxygens (including phenoxy) is 3. The van der Waals surface area contributed by atoms with Gasteiger partial charge >= 0.3 is 12.0 Å². The number of nitrogens with one attached hydrogen (secondary N) is 2. The molecule has 0 aliphatic carbocycles. The van der Waals surface area contributed by atoms with Crippen LogP contribution in [0, 0.1) is 0 Å². The normalized spacial score (nSPS) is 11.2. The van der Waals surface area contributed by atoms with Crippen molar-refractivity contribution in [3.63, 3.8) is 0 Å². The second-order valence-corrected chi connectivity index (χ2v) is 6.48. The van der Waals surface area contributed by atoms with Crippen molar-refractivity contribution in [1.29, 1.82) is 0 Å². The third kappa shape index (κ3) is 7.12. The highest BCUT2D eigenvalue weighted by molar-refractivity contribution is 5.97. The third-order valence-electron chi connectivity index (χ3n) is 4.28. The fourth-order valence-corrected chi connectivity index (χ4v) is 2.63. The van der Waals surface area contributed by atoms with E-state index in [0.717, 1.165) is 11.1 Å². The number of imide groups is 1. The zero-order valence-electron chi connectivity index (χ0n) is 17.3. The lowest BCUT2D eigenvalue weighted by atomic mass is 10.1. The lowest BCUT2D eigenvalue weighted by Crippen LogP contribution is -2.44. The van der Waals surface area contributed by atoms with Crippen LogP contribution in [-0.2, 0) is 27.3 Å². The third-order valence-corrected chi connectivity index (χ3v) is 4.28. The van der Waals surface area contributed by atoms with Gasteiger partial charge in [-0.25, -0.2) is 4.79 Å². The topological polar surface area (TPSA) is 103 Å². The van der Waals surface area contributed by atoms with Crippen molar-refractivity contribution >= 4 is 17.9 Å². The summed E-state index contributed by atoms with van der Waals surface area (Å²) < 4.78 is 15.5. The van der Waals surface area contributed by atoms with Crippen molar-refractivity contribution in [1.82, 2.24) is 10.6 Å². The summed E-state index contributed by atoms with van der Waals surface area (Å²) in [5, 5.41) is 4.73. The molecule has 0 radical (unpaired) electrons. The van der Waals surface area contributed by atoms with Crippen molar-refractivity contribution in [3.8, 4) is 11.5 Å². The van der Waals surface area contributed by atoms with Crippen LogP contribution in [0.4, 0.5) is 4.79 Å². The smallest absolute Gasteiger partial charge is 0.321 e. The molecule has 0 aromatic heterocycles. The Morgan fingerprint density at radius 1 is 0.933 bits per heavy atom. The molecule has 160 valence electrons. The van der Waals surface area contributed by atoms with Gasteiger partial charge in [0.1, 0.15) is 0 Å². The summed E-state index contributed by atoms with van der Waals surface area (Å²) in [6, 6.07) is 14.0. The van der Waals surface area contributed by atoms with Crippen molar-refractivity contribution in [3.05, 3.63) is 59.7 Å². The van der Waals surface area contributed by atoms with E-state index in [1.165, 1.54) is 14.0 Å². The first-order chi connectivity index (χ1) is 14.4. The summed E-state index contributed by atoms with van der Waals surface area (Å²) >= 11 is 0. The second-order valence-electron chi connectivity index (χ2n) is 6.48. The van der Waals surface area contributed by atoms with Gasteiger partial charge in [-0.1, -0.05) is 36.4 Å². The molecule has 0 heterocycles. The zero-order valence-corrected chi connectivity index (χ0v) is 17.3. The molecule has 1 atom stereocenters. The molecule has 2 aromatic rings. The summed E-state index contributed by atoms with van der Waals surface area (Å²) in [4.78, 5) is 35.9. The quantitative estimate of drug-likeness (QED) is 0.612. The van der Waals surface area contributed by atoms with Gasteiger partial charge in [-0.3, -0.25) is 14.9 Å². The molecular weight excluding hydrogens is 388 g/mol. The van der Waals surface area contributed by atoms with E-state index in [1.54, 1.807) is 19.2 Å². The number of carbonyl (C=O) groups excluding carboxylic acids is 3. The Labute approximate surface area is 175 Å². The summed E-state index contributed by atoms with van der Waals surface area (Å²) in [6.45, 7) is 1.69. The maximum Gasteiger partial charge on any atom is 0.321 e. The van der Waals surface area contributed by atoms with Gasteiger partial charge in [0.05, 0.1) is 14.2 Å². The Balaban J connectivity index is 1.75. The first-order valence-corrected chi connectivity index (χ1v) is 9.46. The number of esters is 1. The van der Waals surface area contributed by atoms with E-state index in [2.05, 4.69) is 10.6 Å². The first-order valence-electron chi connectivity index (χ1n) is 9.46. The lowest BCUT2D eigenvalue weighted by Gasteiger charge is -2.14. The number of carbonyl (C=O) groups is 3. The van der Waals surface area contributed by atoms with Gasteiger partial charge in [0.25, 0.3) is 5.91 Å². The molecule has 0 spiro atoms. The number of methoxy groups -OCH3 is 2. The second kappa shape index (κ2) is 11.5. The zero-order chi connectivity index (χ0) is 21.9. The lowest BCUT2D eigenvalue weighted by molar-refractivity contribution is -0.154. The van der Waals surface area contributed by atoms with Gasteiger partial charge in [-0.2, -0.15) is 0 Å². The highest BCUT2D eigenvalue weighted by Crippen LogP contribution is 2.28. The predicted octanol–water partition coefficient (Wildman–Crippen LogP) is 2.59. The van der Waals surface area contributed by atoms with Crippen molar-refractivity contribution in [2.75, 3.05) is 14.2 Å². The Bertz CT molecular complexity index is 869. The van der Waals surface area contributed by atoms with E-state index in [9.17, 15) is 14.4 Å². The molecule has 2 rings (SSSR count). The Morgan fingerprint density at radius 2 is 1.63 bits per heavy atom. The summed E-state index contributed by atoms with van der Waals surface area (Å²) in [7, 11) is 3.08. The molecule has 0 fully saturated rings. The van der Waals surface area contributed by atoms with E-state index in [4.69, 9.17) is 14.2 Å². The van der Waals surface area contributed by atoms with Crippen molar-refractivity contribution in [2.45, 2.75) is 32.4 Å². The van der Waals surface area contributed by atoms with Gasteiger partial charge in [0.2, 0.25) is 0 Å². The number of aryl methyl sites for hydroxylation is 1. The highest BCUT2D eigenvalue weighted by Gasteiger charge is 2.20. The van der Waals surface area contributed by atoms with Crippen LogP contribution in [0.1, 0.15) is 24.5 Å². The van der Waals surface area contributed by atoms with Crippen LogP contribution >= 0.6 is 0 Å². The number of hydrogen-bond acceptors (Lipinski definition) is 6. The van der Waals surface area contributed by atoms with Crippen LogP contribution in [0.15, 0.2) is 48.5 Å². The van der Waals surface area contributed by atoms with Crippen molar-refractivity contribution in [2.24, 2.45) is 0 Å². The standard InChI is InChI=1S/C22H26N2O6/c1-15(21(26)24-22(27)23-14-17-7-5-4-6-8-17)30-20(25)12-10-16-9-11-18(28-2)19(13-16)29-3/h4-9,11,13,15H,10,12,14H2,1-3H3,(H2,23,24,26,27)/t15-/m0/s1. The van der Waals surface area contributed by atoms with Crippen LogP contribution in [0.3, 0.4) is 0 Å². The number of hydrogen-bond donors (Lipinski definition) is 2. The molecular formula is C22H26N2O6. The molecule has 0 saturated carbocycles. The van der Waals surface area contributed by atoms with Gasteiger partial charge in [0.15, 0.2) is 17.6 Å². The van der Waals surface area contributed by atoms with Gasteiger partial charge in [0, 0.05) is 13.0 Å². The number of rotatable bonds is 9. The molecule has 0 saturated heterocycles. The minimum atomic E-state index is -1.09. The Hall–Kier alpha value is -3.55. The fourth-order valence-electron chi connectivity index (χ4n) is 2.63. The predicted molar refractivity (Wildman–Crippen MR) is 110 cm³/mol. The number of urea groups is 1. The average Bonchev–Trinajstić information content (AvgIpc) is 2.76. The van der Waals surface area contributed by atoms with E-state index < -0.39 is 24.0 Å². The van der Waals surface area contributed by atoms with Crippen LogP contribution < -0.4 is 20.1 Å². The highest BCUT2D eigenvalue weighted by atomic mass is 16.5. The molecule has 30 heavy (non-hydrogen) atoms.